The molecule has 0 aromatic heterocycles. The summed E-state index contributed by atoms with van der Waals surface area (Å²) in [5.41, 5.74) is 5.36. The first kappa shape index (κ1) is 53.4. The van der Waals surface area contributed by atoms with E-state index in [2.05, 4.69) is 111 Å². The van der Waals surface area contributed by atoms with Crippen LogP contribution in [0.3, 0.4) is 0 Å². The topological polar surface area (TPSA) is 117 Å². The standard InChI is InChI=1S/C47H80NO7P/c1-3-5-7-9-11-13-15-17-19-20-21-22-23-24-25-26-27-28-30-32-34-36-38-40-47(49)55-46(45-54-56(50,51)53-43-41-48)44-52-42-39-37-35-33-31-29-18-16-14-12-10-8-6-4-2/h5-8,11-14,17-19,21-22,24-25,29,46H,3-4,9-10,15-16,20,23,26-28,30-45,48H2,1-2H3,(H,50,51)/b7-5-,8-6-,13-11-,14-12-,19-17-,22-21-,25-24-,29-18-. The molecule has 0 rings (SSSR count). The summed E-state index contributed by atoms with van der Waals surface area (Å²) >= 11 is 0. The first-order valence-corrected chi connectivity index (χ1v) is 23.2. The van der Waals surface area contributed by atoms with Gasteiger partial charge in [0.25, 0.3) is 0 Å². The molecule has 0 fully saturated rings. The lowest BCUT2D eigenvalue weighted by Crippen LogP contribution is -2.28. The van der Waals surface area contributed by atoms with Crippen LogP contribution < -0.4 is 5.73 Å². The molecule has 3 N–H and O–H groups in total. The van der Waals surface area contributed by atoms with Gasteiger partial charge >= 0.3 is 13.8 Å². The molecule has 2 unspecified atom stereocenters. The number of carbonyl (C=O) groups excluding carboxylic acids is 1. The van der Waals surface area contributed by atoms with Gasteiger partial charge in [0.05, 0.1) is 19.8 Å². The van der Waals surface area contributed by atoms with Crippen molar-refractivity contribution in [2.75, 3.05) is 33.0 Å². The number of hydrogen-bond donors (Lipinski definition) is 2. The van der Waals surface area contributed by atoms with E-state index in [0.29, 0.717) is 13.0 Å². The fraction of sp³-hybridized carbons (Fsp3) is 0.638. The second kappa shape index (κ2) is 43.5. The number of ether oxygens (including phenoxy) is 2. The number of nitrogens with two attached hydrogens (primary N) is 1. The molecule has 0 aliphatic heterocycles. The van der Waals surface area contributed by atoms with Crippen LogP contribution in [0.25, 0.3) is 0 Å². The molecule has 0 aromatic rings. The molecule has 9 heteroatoms. The first-order valence-electron chi connectivity index (χ1n) is 21.7. The molecular formula is C47H80NO7P. The number of phosphoric acid groups is 1. The molecule has 0 radical (unpaired) electrons. The molecule has 56 heavy (non-hydrogen) atoms. The van der Waals surface area contributed by atoms with E-state index in [4.69, 9.17) is 24.3 Å². The first-order chi connectivity index (χ1) is 27.4. The van der Waals surface area contributed by atoms with Gasteiger partial charge in [-0.25, -0.2) is 4.57 Å². The Balaban J connectivity index is 4.09. The Labute approximate surface area is 342 Å². The monoisotopic (exact) mass is 802 g/mol. The Bertz CT molecular complexity index is 1170. The zero-order chi connectivity index (χ0) is 40.9. The molecular weight excluding hydrogens is 721 g/mol. The van der Waals surface area contributed by atoms with Gasteiger partial charge < -0.3 is 20.1 Å². The van der Waals surface area contributed by atoms with Crippen LogP contribution in [0.15, 0.2) is 97.2 Å². The van der Waals surface area contributed by atoms with E-state index in [1.807, 2.05) is 0 Å². The van der Waals surface area contributed by atoms with E-state index in [0.717, 1.165) is 116 Å². The maximum atomic E-state index is 12.6. The zero-order valence-electron chi connectivity index (χ0n) is 35.3. The minimum Gasteiger partial charge on any atom is -0.457 e. The summed E-state index contributed by atoms with van der Waals surface area (Å²) in [7, 11) is -4.29. The smallest absolute Gasteiger partial charge is 0.457 e. The Morgan fingerprint density at radius 1 is 0.536 bits per heavy atom. The van der Waals surface area contributed by atoms with Crippen LogP contribution in [0.5, 0.6) is 0 Å². The van der Waals surface area contributed by atoms with Gasteiger partial charge in [0.15, 0.2) is 0 Å². The lowest BCUT2D eigenvalue weighted by molar-refractivity contribution is -0.154. The zero-order valence-corrected chi connectivity index (χ0v) is 36.2. The second-order valence-electron chi connectivity index (χ2n) is 13.8. The van der Waals surface area contributed by atoms with Crippen LogP contribution in [0, 0.1) is 0 Å². The third kappa shape index (κ3) is 42.6. The van der Waals surface area contributed by atoms with Crippen molar-refractivity contribution in [3.63, 3.8) is 0 Å². The molecule has 0 aromatic carbocycles. The van der Waals surface area contributed by atoms with Gasteiger partial charge in [0.1, 0.15) is 6.10 Å². The highest BCUT2D eigenvalue weighted by Gasteiger charge is 2.25. The molecule has 0 heterocycles. The highest BCUT2D eigenvalue weighted by molar-refractivity contribution is 7.47. The predicted molar refractivity (Wildman–Crippen MR) is 238 cm³/mol. The number of rotatable bonds is 40. The van der Waals surface area contributed by atoms with Gasteiger partial charge in [-0.05, 0) is 89.9 Å². The average molecular weight is 802 g/mol. The predicted octanol–water partition coefficient (Wildman–Crippen LogP) is 13.1. The van der Waals surface area contributed by atoms with Crippen LogP contribution in [-0.2, 0) is 27.9 Å². The number of phosphoric ester groups is 1. The summed E-state index contributed by atoms with van der Waals surface area (Å²) < 4.78 is 33.4. The van der Waals surface area contributed by atoms with Crippen molar-refractivity contribution in [3.05, 3.63) is 97.2 Å². The Hall–Kier alpha value is -2.58. The Morgan fingerprint density at radius 2 is 0.946 bits per heavy atom. The average Bonchev–Trinajstić information content (AvgIpc) is 3.19. The Morgan fingerprint density at radius 3 is 1.41 bits per heavy atom. The van der Waals surface area contributed by atoms with Crippen molar-refractivity contribution in [2.24, 2.45) is 5.73 Å². The third-order valence-corrected chi connectivity index (χ3v) is 9.48. The van der Waals surface area contributed by atoms with Crippen molar-refractivity contribution >= 4 is 13.8 Å². The largest absolute Gasteiger partial charge is 0.472 e. The van der Waals surface area contributed by atoms with Gasteiger partial charge in [0.2, 0.25) is 0 Å². The summed E-state index contributed by atoms with van der Waals surface area (Å²) in [6.45, 7) is 4.59. The summed E-state index contributed by atoms with van der Waals surface area (Å²) in [6, 6.07) is 0. The van der Waals surface area contributed by atoms with Crippen LogP contribution >= 0.6 is 7.82 Å². The molecule has 0 bridgehead atoms. The molecule has 320 valence electrons. The molecule has 0 spiro atoms. The van der Waals surface area contributed by atoms with Gasteiger partial charge in [0, 0.05) is 19.6 Å². The van der Waals surface area contributed by atoms with E-state index < -0.39 is 13.9 Å². The SMILES string of the molecule is CC/C=C\C/C=C\C/C=C\C/C=C\C/C=C\CCCCCCCCCC(=O)OC(COCCCCCC/C=C\C/C=C\C/C=C\CC)COP(=O)(O)OCCN. The maximum Gasteiger partial charge on any atom is 0.472 e. The molecule has 8 nitrogen and oxygen atoms in total. The van der Waals surface area contributed by atoms with E-state index in [9.17, 15) is 14.3 Å². The van der Waals surface area contributed by atoms with Crippen LogP contribution in [0.4, 0.5) is 0 Å². The Kier molecular flexibility index (Phi) is 41.5. The van der Waals surface area contributed by atoms with Crippen molar-refractivity contribution in [1.82, 2.24) is 0 Å². The van der Waals surface area contributed by atoms with E-state index >= 15 is 0 Å². The van der Waals surface area contributed by atoms with Gasteiger partial charge in [-0.15, -0.1) is 0 Å². The van der Waals surface area contributed by atoms with Crippen molar-refractivity contribution < 1.29 is 32.8 Å². The van der Waals surface area contributed by atoms with Gasteiger partial charge in [-0.1, -0.05) is 156 Å². The minimum absolute atomic E-state index is 0.0887. The molecule has 0 aliphatic carbocycles. The molecule has 0 amide bonds. The fourth-order valence-electron chi connectivity index (χ4n) is 5.39. The number of hydrogen-bond acceptors (Lipinski definition) is 7. The maximum absolute atomic E-state index is 12.6. The van der Waals surface area contributed by atoms with Crippen LogP contribution in [-0.4, -0.2) is 49.9 Å². The highest BCUT2D eigenvalue weighted by atomic mass is 31.2. The molecule has 2 atom stereocenters. The van der Waals surface area contributed by atoms with E-state index in [1.165, 1.54) is 19.3 Å². The highest BCUT2D eigenvalue weighted by Crippen LogP contribution is 2.43. The van der Waals surface area contributed by atoms with Crippen molar-refractivity contribution in [2.45, 2.75) is 161 Å². The van der Waals surface area contributed by atoms with E-state index in [-0.39, 0.29) is 32.3 Å². The van der Waals surface area contributed by atoms with Crippen molar-refractivity contribution in [3.8, 4) is 0 Å². The van der Waals surface area contributed by atoms with E-state index in [1.54, 1.807) is 0 Å². The van der Waals surface area contributed by atoms with Gasteiger partial charge in [-0.2, -0.15) is 0 Å². The molecule has 0 saturated heterocycles. The van der Waals surface area contributed by atoms with Crippen LogP contribution in [0.2, 0.25) is 0 Å². The minimum atomic E-state index is -4.29. The third-order valence-electron chi connectivity index (χ3n) is 8.50. The quantitative estimate of drug-likeness (QED) is 0.0272. The lowest BCUT2D eigenvalue weighted by Gasteiger charge is -2.20. The second-order valence-corrected chi connectivity index (χ2v) is 15.2. The summed E-state index contributed by atoms with van der Waals surface area (Å²) in [6.07, 6.45) is 57.1. The van der Waals surface area contributed by atoms with Gasteiger partial charge in [-0.3, -0.25) is 13.8 Å². The lowest BCUT2D eigenvalue weighted by atomic mass is 10.1. The molecule has 0 aliphatic rings. The number of unbranched alkanes of at least 4 members (excludes halogenated alkanes) is 11. The number of esters is 1. The molecule has 0 saturated carbocycles. The van der Waals surface area contributed by atoms with Crippen LogP contribution in [0.1, 0.15) is 155 Å². The summed E-state index contributed by atoms with van der Waals surface area (Å²) in [5, 5.41) is 0. The number of carbonyl (C=O) groups is 1. The summed E-state index contributed by atoms with van der Waals surface area (Å²) in [4.78, 5) is 22.5. The fourth-order valence-corrected chi connectivity index (χ4v) is 6.15. The normalized spacial score (nSPS) is 14.4. The summed E-state index contributed by atoms with van der Waals surface area (Å²) in [5.74, 6) is -0.355. The van der Waals surface area contributed by atoms with Crippen molar-refractivity contribution in [1.29, 1.82) is 0 Å². The number of allylic oxidation sites excluding steroid dienone is 16.